The first kappa shape index (κ1) is 12.9. The summed E-state index contributed by atoms with van der Waals surface area (Å²) in [5.74, 6) is 3.34. The minimum absolute atomic E-state index is 0.569. The minimum atomic E-state index is 0.569. The highest BCUT2D eigenvalue weighted by Crippen LogP contribution is 2.20. The molecule has 0 aromatic heterocycles. The molecule has 0 spiro atoms. The summed E-state index contributed by atoms with van der Waals surface area (Å²) in [5.41, 5.74) is 0. The zero-order valence-electron chi connectivity index (χ0n) is 10.6. The fraction of sp³-hybridized carbons (Fsp3) is 0.917. The zero-order chi connectivity index (χ0) is 11.4. The predicted molar refractivity (Wildman–Crippen MR) is 70.5 cm³/mol. The van der Waals surface area contributed by atoms with Crippen LogP contribution in [0.25, 0.3) is 0 Å². The molecule has 0 aromatic rings. The molecule has 3 heteroatoms. The Kier molecular flexibility index (Phi) is 4.97. The van der Waals surface area contributed by atoms with Crippen molar-refractivity contribution in [2.75, 3.05) is 12.3 Å². The van der Waals surface area contributed by atoms with E-state index in [9.17, 15) is 0 Å². The SMILES string of the molecule is CC(C)C(C)CN=C1NC(C)C(C)CS1. The average Bonchev–Trinajstić information content (AvgIpc) is 2.19. The standard InChI is InChI=1S/C12H24N2S/c1-8(2)9(3)6-13-12-14-11(5)10(4)7-15-12/h8-11H,6-7H2,1-5H3,(H,13,14). The van der Waals surface area contributed by atoms with E-state index in [-0.39, 0.29) is 0 Å². The van der Waals surface area contributed by atoms with Crippen LogP contribution in [0.1, 0.15) is 34.6 Å². The number of rotatable bonds is 3. The molecule has 0 aliphatic carbocycles. The molecule has 1 saturated heterocycles. The first-order valence-electron chi connectivity index (χ1n) is 5.94. The maximum Gasteiger partial charge on any atom is 0.156 e. The molecular formula is C12H24N2S. The highest BCUT2D eigenvalue weighted by Gasteiger charge is 2.20. The lowest BCUT2D eigenvalue weighted by Crippen LogP contribution is -2.41. The van der Waals surface area contributed by atoms with E-state index in [1.165, 1.54) is 5.75 Å². The number of hydrogen-bond acceptors (Lipinski definition) is 2. The van der Waals surface area contributed by atoms with E-state index in [1.54, 1.807) is 0 Å². The van der Waals surface area contributed by atoms with E-state index < -0.39 is 0 Å². The van der Waals surface area contributed by atoms with Gasteiger partial charge in [-0.15, -0.1) is 0 Å². The van der Waals surface area contributed by atoms with E-state index in [1.807, 2.05) is 11.8 Å². The Balaban J connectivity index is 2.41. The van der Waals surface area contributed by atoms with E-state index in [2.05, 4.69) is 44.9 Å². The van der Waals surface area contributed by atoms with Crippen molar-refractivity contribution in [1.29, 1.82) is 0 Å². The highest BCUT2D eigenvalue weighted by atomic mass is 32.2. The third-order valence-electron chi connectivity index (χ3n) is 3.35. The van der Waals surface area contributed by atoms with Crippen LogP contribution in [0.15, 0.2) is 4.99 Å². The van der Waals surface area contributed by atoms with Crippen molar-refractivity contribution < 1.29 is 0 Å². The summed E-state index contributed by atoms with van der Waals surface area (Å²) >= 11 is 1.87. The molecule has 1 aliphatic rings. The van der Waals surface area contributed by atoms with Gasteiger partial charge >= 0.3 is 0 Å². The Labute approximate surface area is 98.3 Å². The lowest BCUT2D eigenvalue weighted by atomic mass is 9.99. The van der Waals surface area contributed by atoms with Gasteiger partial charge in [-0.25, -0.2) is 0 Å². The van der Waals surface area contributed by atoms with E-state index in [0.29, 0.717) is 12.0 Å². The Hall–Kier alpha value is -0.180. The largest absolute Gasteiger partial charge is 0.362 e. The summed E-state index contributed by atoms with van der Waals surface area (Å²) in [5, 5.41) is 4.62. The molecule has 1 heterocycles. The van der Waals surface area contributed by atoms with Gasteiger partial charge in [-0.2, -0.15) is 0 Å². The molecule has 3 unspecified atom stereocenters. The van der Waals surface area contributed by atoms with Gasteiger partial charge in [0.25, 0.3) is 0 Å². The Bertz CT molecular complexity index is 226. The number of hydrogen-bond donors (Lipinski definition) is 1. The Morgan fingerprint density at radius 2 is 2.07 bits per heavy atom. The number of aliphatic imine (C=N–C) groups is 1. The molecular weight excluding hydrogens is 204 g/mol. The van der Waals surface area contributed by atoms with Gasteiger partial charge < -0.3 is 5.32 Å². The minimum Gasteiger partial charge on any atom is -0.362 e. The number of nitrogens with one attached hydrogen (secondary N) is 1. The van der Waals surface area contributed by atoms with Crippen molar-refractivity contribution in [3.63, 3.8) is 0 Å². The summed E-state index contributed by atoms with van der Waals surface area (Å²) in [7, 11) is 0. The van der Waals surface area contributed by atoms with Crippen molar-refractivity contribution in [1.82, 2.24) is 5.32 Å². The molecule has 0 bridgehead atoms. The maximum absolute atomic E-state index is 4.66. The fourth-order valence-electron chi connectivity index (χ4n) is 1.26. The van der Waals surface area contributed by atoms with Gasteiger partial charge in [0.15, 0.2) is 5.17 Å². The summed E-state index contributed by atoms with van der Waals surface area (Å²) < 4.78 is 0. The van der Waals surface area contributed by atoms with Crippen LogP contribution in [0.2, 0.25) is 0 Å². The number of nitrogens with zero attached hydrogens (tertiary/aromatic N) is 1. The second kappa shape index (κ2) is 5.78. The van der Waals surface area contributed by atoms with Crippen LogP contribution < -0.4 is 5.32 Å². The van der Waals surface area contributed by atoms with Crippen LogP contribution in [-0.4, -0.2) is 23.5 Å². The monoisotopic (exact) mass is 228 g/mol. The van der Waals surface area contributed by atoms with Crippen LogP contribution in [0.5, 0.6) is 0 Å². The quantitative estimate of drug-likeness (QED) is 0.803. The van der Waals surface area contributed by atoms with E-state index in [4.69, 9.17) is 0 Å². The molecule has 0 amide bonds. The van der Waals surface area contributed by atoms with Crippen molar-refractivity contribution in [3.8, 4) is 0 Å². The molecule has 1 fully saturated rings. The molecule has 3 atom stereocenters. The van der Waals surface area contributed by atoms with Gasteiger partial charge in [0.2, 0.25) is 0 Å². The second-order valence-electron chi connectivity index (χ2n) is 5.09. The van der Waals surface area contributed by atoms with Crippen LogP contribution >= 0.6 is 11.8 Å². The van der Waals surface area contributed by atoms with E-state index >= 15 is 0 Å². The van der Waals surface area contributed by atoms with Crippen LogP contribution in [0.3, 0.4) is 0 Å². The maximum atomic E-state index is 4.66. The normalized spacial score (nSPS) is 31.7. The van der Waals surface area contributed by atoms with Crippen LogP contribution in [-0.2, 0) is 0 Å². The molecule has 1 aliphatic heterocycles. The Morgan fingerprint density at radius 1 is 1.40 bits per heavy atom. The fourth-order valence-corrected chi connectivity index (χ4v) is 2.41. The summed E-state index contributed by atoms with van der Waals surface area (Å²) in [6.07, 6.45) is 0. The lowest BCUT2D eigenvalue weighted by Gasteiger charge is -2.28. The predicted octanol–water partition coefficient (Wildman–Crippen LogP) is 3.00. The van der Waals surface area contributed by atoms with Gasteiger partial charge in [0.05, 0.1) is 0 Å². The number of thioether (sulfide) groups is 1. The molecule has 15 heavy (non-hydrogen) atoms. The molecule has 1 N–H and O–H groups in total. The Morgan fingerprint density at radius 3 is 2.60 bits per heavy atom. The van der Waals surface area contributed by atoms with Gasteiger partial charge in [-0.05, 0) is 24.7 Å². The molecule has 0 radical (unpaired) electrons. The zero-order valence-corrected chi connectivity index (χ0v) is 11.4. The van der Waals surface area contributed by atoms with Crippen LogP contribution in [0, 0.1) is 17.8 Å². The number of amidine groups is 1. The summed E-state index contributed by atoms with van der Waals surface area (Å²) in [6, 6.07) is 0.569. The van der Waals surface area contributed by atoms with Gasteiger partial charge in [0.1, 0.15) is 0 Å². The third-order valence-corrected chi connectivity index (χ3v) is 4.56. The molecule has 1 rings (SSSR count). The van der Waals surface area contributed by atoms with Crippen molar-refractivity contribution in [3.05, 3.63) is 0 Å². The smallest absolute Gasteiger partial charge is 0.156 e. The lowest BCUT2D eigenvalue weighted by molar-refractivity contribution is 0.428. The molecule has 2 nitrogen and oxygen atoms in total. The van der Waals surface area contributed by atoms with Crippen LogP contribution in [0.4, 0.5) is 0 Å². The first-order valence-corrected chi connectivity index (χ1v) is 6.93. The van der Waals surface area contributed by atoms with E-state index in [0.717, 1.165) is 23.5 Å². The summed E-state index contributed by atoms with van der Waals surface area (Å²) in [6.45, 7) is 12.3. The molecule has 0 aromatic carbocycles. The van der Waals surface area contributed by atoms with Crippen molar-refractivity contribution in [2.24, 2.45) is 22.7 Å². The summed E-state index contributed by atoms with van der Waals surface area (Å²) in [4.78, 5) is 4.66. The average molecular weight is 228 g/mol. The molecule has 88 valence electrons. The highest BCUT2D eigenvalue weighted by molar-refractivity contribution is 8.13. The van der Waals surface area contributed by atoms with Crippen molar-refractivity contribution >= 4 is 16.9 Å². The van der Waals surface area contributed by atoms with Gasteiger partial charge in [0, 0.05) is 18.3 Å². The van der Waals surface area contributed by atoms with Gasteiger partial charge in [-0.1, -0.05) is 39.5 Å². The molecule has 0 saturated carbocycles. The second-order valence-corrected chi connectivity index (χ2v) is 6.10. The topological polar surface area (TPSA) is 24.4 Å². The van der Waals surface area contributed by atoms with Crippen molar-refractivity contribution in [2.45, 2.75) is 40.7 Å². The third kappa shape index (κ3) is 4.06. The first-order chi connectivity index (χ1) is 7.00. The van der Waals surface area contributed by atoms with Gasteiger partial charge in [-0.3, -0.25) is 4.99 Å².